The van der Waals surface area contributed by atoms with Crippen LogP contribution in [0.2, 0.25) is 0 Å². The number of carbonyl (C=O) groups excluding carboxylic acids is 1. The van der Waals surface area contributed by atoms with Crippen LogP contribution in [-0.2, 0) is 9.53 Å². The fourth-order valence-electron chi connectivity index (χ4n) is 0.670. The Morgan fingerprint density at radius 3 is 2.64 bits per heavy atom. The van der Waals surface area contributed by atoms with Crippen molar-refractivity contribution >= 4 is 5.97 Å². The van der Waals surface area contributed by atoms with Crippen LogP contribution in [0.15, 0.2) is 24.3 Å². The topological polar surface area (TPSA) is 26.3 Å². The van der Waals surface area contributed by atoms with Crippen LogP contribution in [0.5, 0.6) is 0 Å². The molecule has 0 aromatic rings. The summed E-state index contributed by atoms with van der Waals surface area (Å²) in [6.45, 7) is 5.63. The molecule has 2 nitrogen and oxygen atoms in total. The molecule has 0 bridgehead atoms. The number of carbonyl (C=O) groups is 1. The number of rotatable bonds is 4. The van der Waals surface area contributed by atoms with Gasteiger partial charge >= 0.3 is 5.97 Å². The lowest BCUT2D eigenvalue weighted by atomic mass is 10.2. The predicted molar refractivity (Wildman–Crippen MR) is 45.2 cm³/mol. The highest BCUT2D eigenvalue weighted by molar-refractivity contribution is 5.71. The van der Waals surface area contributed by atoms with E-state index in [2.05, 4.69) is 11.3 Å². The molecule has 11 heavy (non-hydrogen) atoms. The fourth-order valence-corrected chi connectivity index (χ4v) is 0.670. The molecular weight excluding hydrogens is 140 g/mol. The van der Waals surface area contributed by atoms with E-state index in [0.717, 1.165) is 12.0 Å². The van der Waals surface area contributed by atoms with E-state index in [-0.39, 0.29) is 5.97 Å². The lowest BCUT2D eigenvalue weighted by molar-refractivity contribution is -0.139. The summed E-state index contributed by atoms with van der Waals surface area (Å²) >= 11 is 0. The lowest BCUT2D eigenvalue weighted by Crippen LogP contribution is -1.97. The van der Waals surface area contributed by atoms with E-state index in [9.17, 15) is 4.79 Å². The van der Waals surface area contributed by atoms with Crippen LogP contribution >= 0.6 is 0 Å². The first-order chi connectivity index (χ1) is 5.24. The van der Waals surface area contributed by atoms with Crippen molar-refractivity contribution in [1.82, 2.24) is 0 Å². The molecule has 0 atom stereocenters. The van der Waals surface area contributed by atoms with Gasteiger partial charge in [0.1, 0.15) is 0 Å². The molecule has 0 spiro atoms. The van der Waals surface area contributed by atoms with Crippen LogP contribution in [0, 0.1) is 0 Å². The van der Waals surface area contributed by atoms with E-state index in [4.69, 9.17) is 0 Å². The normalized spacial score (nSPS) is 10.9. The Balaban J connectivity index is 3.88. The number of methoxy groups -OCH3 is 1. The van der Waals surface area contributed by atoms with Crippen LogP contribution < -0.4 is 0 Å². The zero-order valence-electron chi connectivity index (χ0n) is 7.09. The first kappa shape index (κ1) is 9.95. The summed E-state index contributed by atoms with van der Waals surface area (Å²) in [6.07, 6.45) is 4.83. The highest BCUT2D eigenvalue weighted by Gasteiger charge is 1.95. The van der Waals surface area contributed by atoms with Crippen molar-refractivity contribution in [3.8, 4) is 0 Å². The molecule has 0 aromatic carbocycles. The van der Waals surface area contributed by atoms with Crippen molar-refractivity contribution < 1.29 is 9.53 Å². The lowest BCUT2D eigenvalue weighted by Gasteiger charge is -1.96. The smallest absolute Gasteiger partial charge is 0.309 e. The molecule has 0 saturated heterocycles. The van der Waals surface area contributed by atoms with E-state index in [0.29, 0.717) is 6.42 Å². The Morgan fingerprint density at radius 2 is 2.27 bits per heavy atom. The Kier molecular flexibility index (Phi) is 5.17. The molecule has 0 saturated carbocycles. The van der Waals surface area contributed by atoms with Gasteiger partial charge in [0.2, 0.25) is 0 Å². The highest BCUT2D eigenvalue weighted by atomic mass is 16.5. The maximum absolute atomic E-state index is 10.6. The third-order valence-corrected chi connectivity index (χ3v) is 1.43. The van der Waals surface area contributed by atoms with E-state index in [1.54, 1.807) is 6.08 Å². The molecule has 0 N–H and O–H groups in total. The third kappa shape index (κ3) is 4.37. The minimum Gasteiger partial charge on any atom is -0.469 e. The van der Waals surface area contributed by atoms with Gasteiger partial charge in [0.15, 0.2) is 0 Å². The van der Waals surface area contributed by atoms with Crippen LogP contribution in [0.25, 0.3) is 0 Å². The quantitative estimate of drug-likeness (QED) is 0.457. The van der Waals surface area contributed by atoms with E-state index in [1.807, 2.05) is 13.0 Å². The molecule has 0 radical (unpaired) electrons. The molecule has 62 valence electrons. The van der Waals surface area contributed by atoms with Crippen LogP contribution in [0.4, 0.5) is 0 Å². The van der Waals surface area contributed by atoms with Gasteiger partial charge in [-0.05, 0) is 6.42 Å². The molecule has 0 aliphatic heterocycles. The molecule has 0 aromatic heterocycles. The standard InChI is InChI=1S/C9H14O2/c1-4-8(5-2)6-7-9(10)11-3/h4,6H,1,5,7H2,2-3H3/b8-6-. The van der Waals surface area contributed by atoms with Gasteiger partial charge in [-0.25, -0.2) is 0 Å². The number of allylic oxidation sites excluding steroid dienone is 2. The molecule has 0 fully saturated rings. The Hall–Kier alpha value is -1.05. The molecule has 0 amide bonds. The van der Waals surface area contributed by atoms with E-state index >= 15 is 0 Å². The van der Waals surface area contributed by atoms with Crippen molar-refractivity contribution in [2.45, 2.75) is 19.8 Å². The molecule has 0 aliphatic carbocycles. The van der Waals surface area contributed by atoms with Gasteiger partial charge in [0.25, 0.3) is 0 Å². The monoisotopic (exact) mass is 154 g/mol. The van der Waals surface area contributed by atoms with E-state index < -0.39 is 0 Å². The maximum atomic E-state index is 10.6. The summed E-state index contributed by atoms with van der Waals surface area (Å²) in [7, 11) is 1.38. The maximum Gasteiger partial charge on any atom is 0.309 e. The summed E-state index contributed by atoms with van der Waals surface area (Å²) < 4.78 is 4.47. The van der Waals surface area contributed by atoms with Gasteiger partial charge in [0.05, 0.1) is 13.5 Å². The van der Waals surface area contributed by atoms with Gasteiger partial charge in [-0.2, -0.15) is 0 Å². The summed E-state index contributed by atoms with van der Waals surface area (Å²) in [5.74, 6) is -0.210. The zero-order chi connectivity index (χ0) is 8.69. The summed E-state index contributed by atoms with van der Waals surface area (Å²) in [5.41, 5.74) is 1.08. The molecule has 0 aliphatic rings. The average molecular weight is 154 g/mol. The van der Waals surface area contributed by atoms with Crippen molar-refractivity contribution in [3.05, 3.63) is 24.3 Å². The summed E-state index contributed by atoms with van der Waals surface area (Å²) in [4.78, 5) is 10.6. The minimum atomic E-state index is -0.210. The Labute approximate surface area is 67.6 Å². The number of ether oxygens (including phenoxy) is 1. The van der Waals surface area contributed by atoms with Gasteiger partial charge in [-0.3, -0.25) is 4.79 Å². The third-order valence-electron chi connectivity index (χ3n) is 1.43. The van der Waals surface area contributed by atoms with Crippen molar-refractivity contribution in [2.75, 3.05) is 7.11 Å². The van der Waals surface area contributed by atoms with Gasteiger partial charge in [-0.15, -0.1) is 0 Å². The second-order valence-electron chi connectivity index (χ2n) is 2.12. The van der Waals surface area contributed by atoms with Gasteiger partial charge in [-0.1, -0.05) is 31.2 Å². The molecule has 2 heteroatoms. The second-order valence-corrected chi connectivity index (χ2v) is 2.12. The number of hydrogen-bond donors (Lipinski definition) is 0. The van der Waals surface area contributed by atoms with Gasteiger partial charge < -0.3 is 4.74 Å². The minimum absolute atomic E-state index is 0.210. The van der Waals surface area contributed by atoms with E-state index in [1.165, 1.54) is 7.11 Å². The van der Waals surface area contributed by atoms with Gasteiger partial charge in [0, 0.05) is 0 Å². The fraction of sp³-hybridized carbons (Fsp3) is 0.444. The second kappa shape index (κ2) is 5.71. The first-order valence-electron chi connectivity index (χ1n) is 3.62. The van der Waals surface area contributed by atoms with Crippen LogP contribution in [0.1, 0.15) is 19.8 Å². The number of esters is 1. The first-order valence-corrected chi connectivity index (χ1v) is 3.62. The van der Waals surface area contributed by atoms with Crippen LogP contribution in [-0.4, -0.2) is 13.1 Å². The van der Waals surface area contributed by atoms with Crippen LogP contribution in [0.3, 0.4) is 0 Å². The van der Waals surface area contributed by atoms with Crippen molar-refractivity contribution in [1.29, 1.82) is 0 Å². The Bertz CT molecular complexity index is 168. The molecule has 0 unspecified atom stereocenters. The molecule has 0 rings (SSSR count). The highest BCUT2D eigenvalue weighted by Crippen LogP contribution is 2.02. The summed E-state index contributed by atoms with van der Waals surface area (Å²) in [6, 6.07) is 0. The Morgan fingerprint density at radius 1 is 1.64 bits per heavy atom. The summed E-state index contributed by atoms with van der Waals surface area (Å²) in [5, 5.41) is 0. The largest absolute Gasteiger partial charge is 0.469 e. The van der Waals surface area contributed by atoms with Crippen molar-refractivity contribution in [3.63, 3.8) is 0 Å². The zero-order valence-corrected chi connectivity index (χ0v) is 7.09. The van der Waals surface area contributed by atoms with Crippen molar-refractivity contribution in [2.24, 2.45) is 0 Å². The molecular formula is C9H14O2. The predicted octanol–water partition coefficient (Wildman–Crippen LogP) is 2.07. The molecule has 0 heterocycles. The number of hydrogen-bond acceptors (Lipinski definition) is 2. The average Bonchev–Trinajstić information content (AvgIpc) is 2.06. The SMILES string of the molecule is C=C/C(=C/CC(=O)OC)CC.